The first kappa shape index (κ1) is 10.3. The average molecular weight is 181 g/mol. The van der Waals surface area contributed by atoms with E-state index in [0.29, 0.717) is 0 Å². The van der Waals surface area contributed by atoms with Crippen molar-refractivity contribution in [2.45, 2.75) is 40.2 Å². The fourth-order valence-electron chi connectivity index (χ4n) is 1.35. The molecule has 3 heteroatoms. The van der Waals surface area contributed by atoms with Gasteiger partial charge in [-0.25, -0.2) is 0 Å². The monoisotopic (exact) mass is 181 g/mol. The standard InChI is InChI=1S/C10H19N3/c1-4-5-6-11-7-10-8(2)12-13-9(10)3/h11H,4-7H2,1-3H3,(H,12,13). The van der Waals surface area contributed by atoms with Gasteiger partial charge in [-0.05, 0) is 26.8 Å². The van der Waals surface area contributed by atoms with E-state index in [4.69, 9.17) is 0 Å². The predicted molar refractivity (Wildman–Crippen MR) is 54.7 cm³/mol. The van der Waals surface area contributed by atoms with Gasteiger partial charge in [0, 0.05) is 17.8 Å². The third-order valence-electron chi connectivity index (χ3n) is 2.29. The molecule has 0 aliphatic rings. The highest BCUT2D eigenvalue weighted by Gasteiger charge is 2.04. The van der Waals surface area contributed by atoms with E-state index >= 15 is 0 Å². The molecular weight excluding hydrogens is 162 g/mol. The van der Waals surface area contributed by atoms with Gasteiger partial charge in [0.25, 0.3) is 0 Å². The molecular formula is C10H19N3. The van der Waals surface area contributed by atoms with Crippen LogP contribution in [0.5, 0.6) is 0 Å². The molecule has 0 saturated heterocycles. The van der Waals surface area contributed by atoms with Crippen LogP contribution in [0.3, 0.4) is 0 Å². The normalized spacial score (nSPS) is 10.7. The molecule has 1 aromatic heterocycles. The average Bonchev–Trinajstić information content (AvgIpc) is 2.42. The van der Waals surface area contributed by atoms with Gasteiger partial charge >= 0.3 is 0 Å². The summed E-state index contributed by atoms with van der Waals surface area (Å²) >= 11 is 0. The van der Waals surface area contributed by atoms with Crippen molar-refractivity contribution in [3.63, 3.8) is 0 Å². The number of aromatic amines is 1. The summed E-state index contributed by atoms with van der Waals surface area (Å²) in [7, 11) is 0. The zero-order chi connectivity index (χ0) is 9.68. The van der Waals surface area contributed by atoms with Gasteiger partial charge in [-0.3, -0.25) is 5.10 Å². The van der Waals surface area contributed by atoms with Crippen molar-refractivity contribution in [1.82, 2.24) is 15.5 Å². The summed E-state index contributed by atoms with van der Waals surface area (Å²) in [6.45, 7) is 8.35. The molecule has 0 saturated carbocycles. The molecule has 0 unspecified atom stereocenters. The fourth-order valence-corrected chi connectivity index (χ4v) is 1.35. The van der Waals surface area contributed by atoms with Gasteiger partial charge in [-0.2, -0.15) is 5.10 Å². The Kier molecular flexibility index (Phi) is 3.96. The molecule has 0 fully saturated rings. The Morgan fingerprint density at radius 3 is 2.69 bits per heavy atom. The van der Waals surface area contributed by atoms with E-state index < -0.39 is 0 Å². The van der Waals surface area contributed by atoms with Gasteiger partial charge in [0.05, 0.1) is 5.69 Å². The summed E-state index contributed by atoms with van der Waals surface area (Å²) in [5.74, 6) is 0. The fraction of sp³-hybridized carbons (Fsp3) is 0.700. The van der Waals surface area contributed by atoms with Crippen molar-refractivity contribution in [1.29, 1.82) is 0 Å². The van der Waals surface area contributed by atoms with Crippen LogP contribution in [-0.4, -0.2) is 16.7 Å². The maximum Gasteiger partial charge on any atom is 0.0638 e. The summed E-state index contributed by atoms with van der Waals surface area (Å²) in [4.78, 5) is 0. The third-order valence-corrected chi connectivity index (χ3v) is 2.29. The number of hydrogen-bond donors (Lipinski definition) is 2. The second kappa shape index (κ2) is 5.02. The molecule has 3 nitrogen and oxygen atoms in total. The second-order valence-electron chi connectivity index (χ2n) is 3.44. The van der Waals surface area contributed by atoms with Gasteiger partial charge in [-0.15, -0.1) is 0 Å². The highest BCUT2D eigenvalue weighted by molar-refractivity contribution is 5.22. The molecule has 0 radical (unpaired) electrons. The third kappa shape index (κ3) is 2.84. The van der Waals surface area contributed by atoms with Gasteiger partial charge in [0.2, 0.25) is 0 Å². The lowest BCUT2D eigenvalue weighted by molar-refractivity contribution is 0.638. The Morgan fingerprint density at radius 1 is 1.38 bits per heavy atom. The van der Waals surface area contributed by atoms with Crippen LogP contribution >= 0.6 is 0 Å². The lowest BCUT2D eigenvalue weighted by Crippen LogP contribution is -2.15. The summed E-state index contributed by atoms with van der Waals surface area (Å²) < 4.78 is 0. The SMILES string of the molecule is CCCCNCc1c(C)n[nH]c1C. The Morgan fingerprint density at radius 2 is 2.15 bits per heavy atom. The van der Waals surface area contributed by atoms with E-state index in [9.17, 15) is 0 Å². The summed E-state index contributed by atoms with van der Waals surface area (Å²) in [5, 5.41) is 10.5. The number of H-pyrrole nitrogens is 1. The molecule has 0 bridgehead atoms. The second-order valence-corrected chi connectivity index (χ2v) is 3.44. The maximum absolute atomic E-state index is 4.15. The van der Waals surface area contributed by atoms with Crippen LogP contribution in [-0.2, 0) is 6.54 Å². The molecule has 0 aliphatic carbocycles. The molecule has 0 spiro atoms. The number of nitrogens with zero attached hydrogens (tertiary/aromatic N) is 1. The molecule has 0 atom stereocenters. The quantitative estimate of drug-likeness (QED) is 0.681. The minimum Gasteiger partial charge on any atom is -0.313 e. The molecule has 13 heavy (non-hydrogen) atoms. The van der Waals surface area contributed by atoms with Crippen molar-refractivity contribution >= 4 is 0 Å². The molecule has 0 amide bonds. The van der Waals surface area contributed by atoms with Gasteiger partial charge in [0.15, 0.2) is 0 Å². The van der Waals surface area contributed by atoms with Crippen LogP contribution in [0.2, 0.25) is 0 Å². The molecule has 2 N–H and O–H groups in total. The number of hydrogen-bond acceptors (Lipinski definition) is 2. The summed E-state index contributed by atoms with van der Waals surface area (Å²) in [6, 6.07) is 0. The van der Waals surface area contributed by atoms with E-state index in [1.165, 1.54) is 24.1 Å². The van der Waals surface area contributed by atoms with Crippen molar-refractivity contribution in [2.24, 2.45) is 0 Å². The van der Waals surface area contributed by atoms with Crippen molar-refractivity contribution in [3.8, 4) is 0 Å². The zero-order valence-corrected chi connectivity index (χ0v) is 8.78. The van der Waals surface area contributed by atoms with E-state index in [1.54, 1.807) is 0 Å². The Bertz CT molecular complexity index is 233. The van der Waals surface area contributed by atoms with Crippen LogP contribution in [0.1, 0.15) is 36.7 Å². The smallest absolute Gasteiger partial charge is 0.0638 e. The molecule has 74 valence electrons. The summed E-state index contributed by atoms with van der Waals surface area (Å²) in [6.07, 6.45) is 2.49. The Labute approximate surface area is 79.9 Å². The lowest BCUT2D eigenvalue weighted by atomic mass is 10.2. The first-order chi connectivity index (χ1) is 6.25. The van der Waals surface area contributed by atoms with Crippen molar-refractivity contribution in [3.05, 3.63) is 17.0 Å². The topological polar surface area (TPSA) is 40.7 Å². The molecule has 0 aliphatic heterocycles. The van der Waals surface area contributed by atoms with E-state index in [0.717, 1.165) is 18.8 Å². The van der Waals surface area contributed by atoms with Crippen LogP contribution in [0, 0.1) is 13.8 Å². The van der Waals surface area contributed by atoms with Gasteiger partial charge < -0.3 is 5.32 Å². The lowest BCUT2D eigenvalue weighted by Gasteiger charge is -2.03. The molecule has 1 rings (SSSR count). The van der Waals surface area contributed by atoms with Crippen molar-refractivity contribution < 1.29 is 0 Å². The van der Waals surface area contributed by atoms with E-state index in [1.807, 2.05) is 6.92 Å². The Balaban J connectivity index is 2.36. The maximum atomic E-state index is 4.15. The minimum atomic E-state index is 0.939. The van der Waals surface area contributed by atoms with Gasteiger partial charge in [0.1, 0.15) is 0 Å². The molecule has 1 aromatic rings. The first-order valence-electron chi connectivity index (χ1n) is 4.96. The van der Waals surface area contributed by atoms with Crippen LogP contribution in [0.25, 0.3) is 0 Å². The molecule has 0 aromatic carbocycles. The number of aromatic nitrogens is 2. The minimum absolute atomic E-state index is 0.939. The predicted octanol–water partition coefficient (Wildman–Crippen LogP) is 1.92. The highest BCUT2D eigenvalue weighted by Crippen LogP contribution is 2.08. The van der Waals surface area contributed by atoms with Crippen LogP contribution in [0.4, 0.5) is 0 Å². The number of unbranched alkanes of at least 4 members (excludes halogenated alkanes) is 1. The van der Waals surface area contributed by atoms with Crippen LogP contribution in [0.15, 0.2) is 0 Å². The van der Waals surface area contributed by atoms with Gasteiger partial charge in [-0.1, -0.05) is 13.3 Å². The van der Waals surface area contributed by atoms with Crippen molar-refractivity contribution in [2.75, 3.05) is 6.54 Å². The largest absolute Gasteiger partial charge is 0.313 e. The highest BCUT2D eigenvalue weighted by atomic mass is 15.1. The number of aryl methyl sites for hydroxylation is 2. The molecule has 1 heterocycles. The number of rotatable bonds is 5. The van der Waals surface area contributed by atoms with E-state index in [-0.39, 0.29) is 0 Å². The number of nitrogens with one attached hydrogen (secondary N) is 2. The van der Waals surface area contributed by atoms with Crippen LogP contribution < -0.4 is 5.32 Å². The zero-order valence-electron chi connectivity index (χ0n) is 8.78. The first-order valence-corrected chi connectivity index (χ1v) is 4.96. The van der Waals surface area contributed by atoms with E-state index in [2.05, 4.69) is 29.4 Å². The summed E-state index contributed by atoms with van der Waals surface area (Å²) in [5.41, 5.74) is 3.61. The Hall–Kier alpha value is -0.830.